The van der Waals surface area contributed by atoms with Crippen molar-refractivity contribution in [3.8, 4) is 0 Å². The fraction of sp³-hybridized carbons (Fsp3) is 0.680. The van der Waals surface area contributed by atoms with Gasteiger partial charge >= 0.3 is 0 Å². The van der Waals surface area contributed by atoms with E-state index in [0.717, 1.165) is 25.9 Å². The van der Waals surface area contributed by atoms with E-state index in [-0.39, 0.29) is 29.8 Å². The number of benzene rings is 1. The molecule has 0 radical (unpaired) electrons. The van der Waals surface area contributed by atoms with Crippen LogP contribution in [0.3, 0.4) is 0 Å². The van der Waals surface area contributed by atoms with E-state index >= 15 is 0 Å². The number of hydrogen-bond acceptors (Lipinski definition) is 3. The van der Waals surface area contributed by atoms with Crippen molar-refractivity contribution in [2.75, 3.05) is 26.7 Å². The quantitative estimate of drug-likeness (QED) is 0.735. The second-order valence-electron chi connectivity index (χ2n) is 9.45. The Bertz CT molecular complexity index is 677. The van der Waals surface area contributed by atoms with E-state index in [2.05, 4.69) is 34.5 Å². The molecule has 0 aromatic heterocycles. The van der Waals surface area contributed by atoms with Gasteiger partial charge in [-0.05, 0) is 64.1 Å². The van der Waals surface area contributed by atoms with Gasteiger partial charge in [0.05, 0.1) is 12.6 Å². The summed E-state index contributed by atoms with van der Waals surface area (Å²) in [6.07, 6.45) is 7.90. The molecule has 30 heavy (non-hydrogen) atoms. The van der Waals surface area contributed by atoms with Crippen molar-refractivity contribution in [3.05, 3.63) is 35.9 Å². The highest BCUT2D eigenvalue weighted by atomic mass is 16.2. The number of hydrogen-bond donors (Lipinski definition) is 1. The summed E-state index contributed by atoms with van der Waals surface area (Å²) in [7, 11) is 1.89. The SMILES string of the molecule is CC(C)N(C)C(=O)C1CCN(CC(=O)NC(c2ccccc2)C2CCCCC2)CC1. The first-order chi connectivity index (χ1) is 14.5. The van der Waals surface area contributed by atoms with E-state index in [1.54, 1.807) is 0 Å². The van der Waals surface area contributed by atoms with Crippen LogP contribution in [-0.4, -0.2) is 54.3 Å². The van der Waals surface area contributed by atoms with Gasteiger partial charge in [0, 0.05) is 19.0 Å². The first-order valence-corrected chi connectivity index (χ1v) is 11.8. The zero-order valence-corrected chi connectivity index (χ0v) is 19.0. The molecule has 1 aromatic rings. The first-order valence-electron chi connectivity index (χ1n) is 11.8. The van der Waals surface area contributed by atoms with Crippen molar-refractivity contribution in [2.24, 2.45) is 11.8 Å². The minimum atomic E-state index is 0.0935. The molecule has 1 aliphatic heterocycles. The van der Waals surface area contributed by atoms with E-state index in [1.807, 2.05) is 31.9 Å². The lowest BCUT2D eigenvalue weighted by Crippen LogP contribution is -2.46. The van der Waals surface area contributed by atoms with Gasteiger partial charge in [-0.1, -0.05) is 49.6 Å². The Morgan fingerprint density at radius 1 is 1.03 bits per heavy atom. The summed E-state index contributed by atoms with van der Waals surface area (Å²) < 4.78 is 0. The Hall–Kier alpha value is -1.88. The smallest absolute Gasteiger partial charge is 0.234 e. The van der Waals surface area contributed by atoms with Crippen LogP contribution in [0.4, 0.5) is 0 Å². The number of piperidine rings is 1. The maximum Gasteiger partial charge on any atom is 0.234 e. The average molecular weight is 414 g/mol. The minimum Gasteiger partial charge on any atom is -0.348 e. The Morgan fingerprint density at radius 2 is 1.67 bits per heavy atom. The van der Waals surface area contributed by atoms with Crippen molar-refractivity contribution in [2.45, 2.75) is 70.9 Å². The Balaban J connectivity index is 1.53. The van der Waals surface area contributed by atoms with Crippen LogP contribution in [0.2, 0.25) is 0 Å². The van der Waals surface area contributed by atoms with Gasteiger partial charge in [0.1, 0.15) is 0 Å². The molecule has 2 amide bonds. The van der Waals surface area contributed by atoms with Crippen molar-refractivity contribution < 1.29 is 9.59 Å². The Morgan fingerprint density at radius 3 is 2.27 bits per heavy atom. The topological polar surface area (TPSA) is 52.7 Å². The van der Waals surface area contributed by atoms with E-state index in [9.17, 15) is 9.59 Å². The maximum atomic E-state index is 12.9. The van der Waals surface area contributed by atoms with Gasteiger partial charge in [0.2, 0.25) is 11.8 Å². The lowest BCUT2D eigenvalue weighted by atomic mass is 9.81. The molecule has 3 rings (SSSR count). The third-order valence-electron chi connectivity index (χ3n) is 7.02. The molecule has 1 saturated heterocycles. The number of carbonyl (C=O) groups excluding carboxylic acids is 2. The molecular formula is C25H39N3O2. The second-order valence-corrected chi connectivity index (χ2v) is 9.45. The van der Waals surface area contributed by atoms with Crippen LogP contribution < -0.4 is 5.32 Å². The van der Waals surface area contributed by atoms with Crippen molar-refractivity contribution >= 4 is 11.8 Å². The standard InChI is InChI=1S/C25H39N3O2/c1-19(2)27(3)25(30)22-14-16-28(17-15-22)18-23(29)26-24(20-10-6-4-7-11-20)21-12-8-5-9-13-21/h4,6-7,10-11,19,21-22,24H,5,8-9,12-18H2,1-3H3,(H,26,29). The molecule has 5 heteroatoms. The predicted molar refractivity (Wildman–Crippen MR) is 121 cm³/mol. The van der Waals surface area contributed by atoms with Crippen molar-refractivity contribution in [1.82, 2.24) is 15.1 Å². The van der Waals surface area contributed by atoms with Gasteiger partial charge in [-0.25, -0.2) is 0 Å². The normalized spacial score (nSPS) is 20.1. The lowest BCUT2D eigenvalue weighted by molar-refractivity contribution is -0.137. The third-order valence-corrected chi connectivity index (χ3v) is 7.02. The van der Waals surface area contributed by atoms with Gasteiger partial charge in [-0.2, -0.15) is 0 Å². The van der Waals surface area contributed by atoms with Gasteiger partial charge in [0.15, 0.2) is 0 Å². The van der Waals surface area contributed by atoms with Crippen LogP contribution in [0.25, 0.3) is 0 Å². The molecule has 1 aromatic carbocycles. The van der Waals surface area contributed by atoms with Crippen LogP contribution in [0.15, 0.2) is 30.3 Å². The van der Waals surface area contributed by atoms with Crippen LogP contribution in [-0.2, 0) is 9.59 Å². The summed E-state index contributed by atoms with van der Waals surface area (Å²) >= 11 is 0. The molecule has 2 fully saturated rings. The third kappa shape index (κ3) is 6.07. The Kier molecular flexibility index (Phi) is 8.32. The summed E-state index contributed by atoms with van der Waals surface area (Å²) in [6, 6.07) is 10.8. The summed E-state index contributed by atoms with van der Waals surface area (Å²) in [5, 5.41) is 3.36. The average Bonchev–Trinajstić information content (AvgIpc) is 2.78. The molecule has 0 spiro atoms. The van der Waals surface area contributed by atoms with E-state index in [4.69, 9.17) is 0 Å². The zero-order chi connectivity index (χ0) is 21.5. The lowest BCUT2D eigenvalue weighted by Gasteiger charge is -2.35. The van der Waals surface area contributed by atoms with Gasteiger partial charge in [-0.3, -0.25) is 14.5 Å². The molecule has 1 heterocycles. The molecule has 1 N–H and O–H groups in total. The van der Waals surface area contributed by atoms with Gasteiger partial charge < -0.3 is 10.2 Å². The maximum absolute atomic E-state index is 12.9. The largest absolute Gasteiger partial charge is 0.348 e. The molecule has 1 atom stereocenters. The van der Waals surface area contributed by atoms with Crippen LogP contribution >= 0.6 is 0 Å². The number of amides is 2. The number of nitrogens with zero attached hydrogens (tertiary/aromatic N) is 2. The van der Waals surface area contributed by atoms with Crippen molar-refractivity contribution in [3.63, 3.8) is 0 Å². The number of likely N-dealkylation sites (tertiary alicyclic amines) is 1. The van der Waals surface area contributed by atoms with Gasteiger partial charge in [-0.15, -0.1) is 0 Å². The predicted octanol–water partition coefficient (Wildman–Crippen LogP) is 4.00. The fourth-order valence-electron chi connectivity index (χ4n) is 4.90. The molecule has 1 unspecified atom stereocenters. The number of rotatable bonds is 7. The minimum absolute atomic E-state index is 0.0935. The van der Waals surface area contributed by atoms with Crippen LogP contribution in [0.1, 0.15) is 70.4 Å². The molecule has 2 aliphatic rings. The highest BCUT2D eigenvalue weighted by Crippen LogP contribution is 2.34. The summed E-state index contributed by atoms with van der Waals surface area (Å²) in [5.41, 5.74) is 1.22. The monoisotopic (exact) mass is 413 g/mol. The zero-order valence-electron chi connectivity index (χ0n) is 19.0. The van der Waals surface area contributed by atoms with Crippen molar-refractivity contribution in [1.29, 1.82) is 0 Å². The molecule has 5 nitrogen and oxygen atoms in total. The van der Waals surface area contributed by atoms with Gasteiger partial charge in [0.25, 0.3) is 0 Å². The highest BCUT2D eigenvalue weighted by Gasteiger charge is 2.30. The van der Waals surface area contributed by atoms with E-state index in [0.29, 0.717) is 12.5 Å². The molecular weight excluding hydrogens is 374 g/mol. The molecule has 1 saturated carbocycles. The fourth-order valence-corrected chi connectivity index (χ4v) is 4.90. The van der Waals surface area contributed by atoms with E-state index < -0.39 is 0 Å². The number of nitrogens with one attached hydrogen (secondary N) is 1. The highest BCUT2D eigenvalue weighted by molar-refractivity contribution is 5.80. The molecule has 1 aliphatic carbocycles. The van der Waals surface area contributed by atoms with E-state index in [1.165, 1.54) is 37.7 Å². The number of carbonyl (C=O) groups is 2. The summed E-state index contributed by atoms with van der Waals surface area (Å²) in [4.78, 5) is 29.6. The summed E-state index contributed by atoms with van der Waals surface area (Å²) in [6.45, 7) is 6.15. The van der Waals surface area contributed by atoms with Crippen LogP contribution in [0, 0.1) is 11.8 Å². The molecule has 166 valence electrons. The second kappa shape index (κ2) is 10.9. The molecule has 0 bridgehead atoms. The Labute approximate surface area is 182 Å². The first kappa shape index (κ1) is 22.8. The van der Waals surface area contributed by atoms with Crippen LogP contribution in [0.5, 0.6) is 0 Å². The summed E-state index contributed by atoms with van der Waals surface area (Å²) in [5.74, 6) is 0.977.